The van der Waals surface area contributed by atoms with Crippen molar-refractivity contribution in [3.8, 4) is 5.75 Å². The van der Waals surface area contributed by atoms with Crippen molar-refractivity contribution in [3.05, 3.63) is 69.2 Å². The summed E-state index contributed by atoms with van der Waals surface area (Å²) in [7, 11) is 0. The summed E-state index contributed by atoms with van der Waals surface area (Å²) in [6.45, 7) is 2.52. The van der Waals surface area contributed by atoms with Gasteiger partial charge in [-0.2, -0.15) is 0 Å². The molecule has 0 radical (unpaired) electrons. The average molecular weight is 466 g/mol. The summed E-state index contributed by atoms with van der Waals surface area (Å²) in [5, 5.41) is 22.2. The molecule has 1 heterocycles. The number of ether oxygens (including phenoxy) is 1. The summed E-state index contributed by atoms with van der Waals surface area (Å²) < 4.78 is 20.5. The molecule has 0 aliphatic carbocycles. The van der Waals surface area contributed by atoms with E-state index in [0.29, 0.717) is 29.0 Å². The van der Waals surface area contributed by atoms with Crippen LogP contribution < -0.4 is 10.1 Å². The Labute approximate surface area is 185 Å². The van der Waals surface area contributed by atoms with Crippen LogP contribution in [0.3, 0.4) is 0 Å². The standard InChI is InChI=1S/C19H17ClFN5O4S/c1-2-25-17(10-30-16-8-3-12(21)9-15(16)20)23-24-19(25)31-11-18(27)22-13-4-6-14(7-5-13)26(28)29/h3-9H,2,10-11H2,1H3,(H,22,27). The van der Waals surface area contributed by atoms with E-state index in [1.807, 2.05) is 6.92 Å². The number of nitro benzene ring substituents is 1. The maximum absolute atomic E-state index is 13.1. The van der Waals surface area contributed by atoms with Crippen LogP contribution in [0.25, 0.3) is 0 Å². The Morgan fingerprint density at radius 3 is 2.68 bits per heavy atom. The number of rotatable bonds is 9. The number of amides is 1. The Bertz CT molecular complexity index is 1090. The minimum atomic E-state index is -0.510. The molecule has 3 rings (SSSR count). The molecular weight excluding hydrogens is 449 g/mol. The Balaban J connectivity index is 1.57. The maximum atomic E-state index is 13.1. The third kappa shape index (κ3) is 5.92. The quantitative estimate of drug-likeness (QED) is 0.284. The van der Waals surface area contributed by atoms with E-state index < -0.39 is 10.7 Å². The predicted octanol–water partition coefficient (Wildman–Crippen LogP) is 4.31. The zero-order valence-electron chi connectivity index (χ0n) is 16.2. The molecule has 31 heavy (non-hydrogen) atoms. The molecule has 162 valence electrons. The van der Waals surface area contributed by atoms with Gasteiger partial charge in [-0.05, 0) is 37.3 Å². The first-order valence-corrected chi connectivity index (χ1v) is 10.4. The van der Waals surface area contributed by atoms with Crippen molar-refractivity contribution in [2.75, 3.05) is 11.1 Å². The van der Waals surface area contributed by atoms with Gasteiger partial charge in [0.05, 0.1) is 15.7 Å². The third-order valence-electron chi connectivity index (χ3n) is 4.05. The molecule has 0 saturated heterocycles. The number of non-ortho nitro benzene ring substituents is 1. The lowest BCUT2D eigenvalue weighted by Crippen LogP contribution is -2.15. The Kier molecular flexibility index (Phi) is 7.42. The first-order valence-electron chi connectivity index (χ1n) is 9.04. The molecular formula is C19H17ClFN5O4S. The molecule has 0 spiro atoms. The monoisotopic (exact) mass is 465 g/mol. The molecule has 1 amide bonds. The van der Waals surface area contributed by atoms with Crippen molar-refractivity contribution >= 4 is 40.6 Å². The van der Waals surface area contributed by atoms with E-state index in [2.05, 4.69) is 15.5 Å². The second kappa shape index (κ2) is 10.2. The highest BCUT2D eigenvalue weighted by Crippen LogP contribution is 2.26. The first kappa shape index (κ1) is 22.5. The molecule has 0 saturated carbocycles. The zero-order chi connectivity index (χ0) is 22.4. The number of thioether (sulfide) groups is 1. The van der Waals surface area contributed by atoms with Gasteiger partial charge >= 0.3 is 0 Å². The summed E-state index contributed by atoms with van der Waals surface area (Å²) in [4.78, 5) is 22.4. The van der Waals surface area contributed by atoms with Crippen LogP contribution in [0.2, 0.25) is 5.02 Å². The number of hydrogen-bond acceptors (Lipinski definition) is 7. The van der Waals surface area contributed by atoms with Gasteiger partial charge in [0.15, 0.2) is 11.0 Å². The van der Waals surface area contributed by atoms with Gasteiger partial charge < -0.3 is 14.6 Å². The van der Waals surface area contributed by atoms with E-state index in [0.717, 1.165) is 6.07 Å². The lowest BCUT2D eigenvalue weighted by molar-refractivity contribution is -0.384. The number of hydrogen-bond donors (Lipinski definition) is 1. The van der Waals surface area contributed by atoms with Gasteiger partial charge in [-0.15, -0.1) is 10.2 Å². The highest BCUT2D eigenvalue weighted by Gasteiger charge is 2.15. The van der Waals surface area contributed by atoms with Gasteiger partial charge in [-0.3, -0.25) is 14.9 Å². The molecule has 0 aliphatic rings. The van der Waals surface area contributed by atoms with Crippen molar-refractivity contribution in [3.63, 3.8) is 0 Å². The number of halogens is 2. The summed E-state index contributed by atoms with van der Waals surface area (Å²) >= 11 is 7.15. The Hall–Kier alpha value is -3.18. The van der Waals surface area contributed by atoms with E-state index in [1.54, 1.807) is 4.57 Å². The van der Waals surface area contributed by atoms with Crippen molar-refractivity contribution in [1.29, 1.82) is 0 Å². The SMILES string of the molecule is CCn1c(COc2ccc(F)cc2Cl)nnc1SCC(=O)Nc1ccc([N+](=O)[O-])cc1. The largest absolute Gasteiger partial charge is 0.484 e. The molecule has 0 bridgehead atoms. The Morgan fingerprint density at radius 1 is 1.29 bits per heavy atom. The molecule has 1 N–H and O–H groups in total. The molecule has 2 aromatic carbocycles. The van der Waals surface area contributed by atoms with Crippen LogP contribution in [0.1, 0.15) is 12.7 Å². The van der Waals surface area contributed by atoms with Crippen LogP contribution in [-0.4, -0.2) is 31.3 Å². The first-order chi connectivity index (χ1) is 14.9. The van der Waals surface area contributed by atoms with Crippen LogP contribution >= 0.6 is 23.4 Å². The highest BCUT2D eigenvalue weighted by atomic mass is 35.5. The maximum Gasteiger partial charge on any atom is 0.269 e. The highest BCUT2D eigenvalue weighted by molar-refractivity contribution is 7.99. The van der Waals surface area contributed by atoms with Crippen LogP contribution in [0.5, 0.6) is 5.75 Å². The van der Waals surface area contributed by atoms with Gasteiger partial charge in [0.1, 0.15) is 18.2 Å². The minimum absolute atomic E-state index is 0.0555. The lowest BCUT2D eigenvalue weighted by Gasteiger charge is -2.10. The van der Waals surface area contributed by atoms with Crippen molar-refractivity contribution in [2.45, 2.75) is 25.2 Å². The number of benzene rings is 2. The second-order valence-electron chi connectivity index (χ2n) is 6.15. The van der Waals surface area contributed by atoms with Crippen LogP contribution in [-0.2, 0) is 17.9 Å². The van der Waals surface area contributed by atoms with E-state index in [4.69, 9.17) is 16.3 Å². The fraction of sp³-hybridized carbons (Fsp3) is 0.211. The van der Waals surface area contributed by atoms with E-state index >= 15 is 0 Å². The third-order valence-corrected chi connectivity index (χ3v) is 5.32. The number of carbonyl (C=O) groups is 1. The summed E-state index contributed by atoms with van der Waals surface area (Å²) in [5.41, 5.74) is 0.401. The predicted molar refractivity (Wildman–Crippen MR) is 114 cm³/mol. The topological polar surface area (TPSA) is 112 Å². The number of anilines is 1. The lowest BCUT2D eigenvalue weighted by atomic mass is 10.3. The normalized spacial score (nSPS) is 10.7. The van der Waals surface area contributed by atoms with Gasteiger partial charge in [-0.1, -0.05) is 23.4 Å². The molecule has 0 atom stereocenters. The zero-order valence-corrected chi connectivity index (χ0v) is 17.8. The second-order valence-corrected chi connectivity index (χ2v) is 7.50. The van der Waals surface area contributed by atoms with Crippen molar-refractivity contribution in [1.82, 2.24) is 14.8 Å². The van der Waals surface area contributed by atoms with Crippen LogP contribution in [0, 0.1) is 15.9 Å². The van der Waals surface area contributed by atoms with Gasteiger partial charge in [0.25, 0.3) is 5.69 Å². The molecule has 0 aliphatic heterocycles. The molecule has 0 unspecified atom stereocenters. The molecule has 12 heteroatoms. The van der Waals surface area contributed by atoms with E-state index in [9.17, 15) is 19.3 Å². The van der Waals surface area contributed by atoms with E-state index in [-0.39, 0.29) is 29.0 Å². The molecule has 1 aromatic heterocycles. The fourth-order valence-electron chi connectivity index (χ4n) is 2.58. The molecule has 9 nitrogen and oxygen atoms in total. The van der Waals surface area contributed by atoms with Gasteiger partial charge in [-0.25, -0.2) is 4.39 Å². The number of aromatic nitrogens is 3. The van der Waals surface area contributed by atoms with Crippen LogP contribution in [0.4, 0.5) is 15.8 Å². The average Bonchev–Trinajstić information content (AvgIpc) is 3.14. The van der Waals surface area contributed by atoms with Gasteiger partial charge in [0, 0.05) is 24.4 Å². The number of nitrogens with zero attached hydrogens (tertiary/aromatic N) is 4. The Morgan fingerprint density at radius 2 is 2.03 bits per heavy atom. The van der Waals surface area contributed by atoms with Crippen molar-refractivity contribution < 1.29 is 18.8 Å². The fourth-order valence-corrected chi connectivity index (χ4v) is 3.62. The number of carbonyl (C=O) groups excluding carboxylic acids is 1. The summed E-state index contributed by atoms with van der Waals surface area (Å²) in [6, 6.07) is 9.40. The van der Waals surface area contributed by atoms with Gasteiger partial charge in [0.2, 0.25) is 5.91 Å². The molecule has 0 fully saturated rings. The summed E-state index contributed by atoms with van der Waals surface area (Å²) in [5.74, 6) is 0.173. The smallest absolute Gasteiger partial charge is 0.269 e. The number of nitrogens with one attached hydrogen (secondary N) is 1. The minimum Gasteiger partial charge on any atom is -0.484 e. The molecule has 3 aromatic rings. The van der Waals surface area contributed by atoms with E-state index in [1.165, 1.54) is 48.2 Å². The van der Waals surface area contributed by atoms with Crippen molar-refractivity contribution in [2.24, 2.45) is 0 Å². The van der Waals surface area contributed by atoms with Crippen LogP contribution in [0.15, 0.2) is 47.6 Å². The number of nitro groups is 1. The summed E-state index contributed by atoms with van der Waals surface area (Å²) in [6.07, 6.45) is 0.